The lowest BCUT2D eigenvalue weighted by atomic mass is 10.0. The van der Waals surface area contributed by atoms with Crippen LogP contribution in [0.3, 0.4) is 0 Å². The van der Waals surface area contributed by atoms with E-state index in [1.54, 1.807) is 0 Å². The molecule has 0 aliphatic heterocycles. The Morgan fingerprint density at radius 3 is 2.81 bits per heavy atom. The minimum absolute atomic E-state index is 0.288. The summed E-state index contributed by atoms with van der Waals surface area (Å²) in [6.07, 6.45) is 0.288. The molecule has 0 radical (unpaired) electrons. The summed E-state index contributed by atoms with van der Waals surface area (Å²) < 4.78 is 5.65. The number of fused-ring (bicyclic) bond motifs is 1. The molecule has 21 heavy (non-hydrogen) atoms. The van der Waals surface area contributed by atoms with E-state index in [1.807, 2.05) is 42.5 Å². The summed E-state index contributed by atoms with van der Waals surface area (Å²) in [4.78, 5) is 10.7. The summed E-state index contributed by atoms with van der Waals surface area (Å²) in [5.74, 6) is 0.677. The molecule has 1 amide bonds. The highest BCUT2D eigenvalue weighted by atomic mass is 32.2. The zero-order chi connectivity index (χ0) is 14.7. The van der Waals surface area contributed by atoms with Gasteiger partial charge in [-0.3, -0.25) is 4.79 Å². The SMILES string of the molecule is NC(=O)CCSc1nnc(-c2cccc3ccccc23)o1. The molecular formula is C15H13N3O2S. The molecule has 6 heteroatoms. The average Bonchev–Trinajstić information content (AvgIpc) is 2.95. The molecule has 106 valence electrons. The molecule has 0 bridgehead atoms. The summed E-state index contributed by atoms with van der Waals surface area (Å²) in [6.45, 7) is 0. The van der Waals surface area contributed by atoms with Crippen molar-refractivity contribution in [2.24, 2.45) is 5.73 Å². The van der Waals surface area contributed by atoms with E-state index in [0.29, 0.717) is 16.9 Å². The van der Waals surface area contributed by atoms with Crippen LogP contribution in [-0.4, -0.2) is 21.9 Å². The molecular weight excluding hydrogens is 286 g/mol. The first-order valence-corrected chi connectivity index (χ1v) is 7.45. The highest BCUT2D eigenvalue weighted by Gasteiger charge is 2.11. The Labute approximate surface area is 125 Å². The molecule has 0 atom stereocenters. The van der Waals surface area contributed by atoms with Gasteiger partial charge in [0.25, 0.3) is 5.22 Å². The standard InChI is InChI=1S/C15H13N3O2S/c16-13(19)8-9-21-15-18-17-14(20-15)12-7-3-5-10-4-1-2-6-11(10)12/h1-7H,8-9H2,(H2,16,19). The quantitative estimate of drug-likeness (QED) is 0.732. The number of primary amides is 1. The summed E-state index contributed by atoms with van der Waals surface area (Å²) in [7, 11) is 0. The largest absolute Gasteiger partial charge is 0.411 e. The fourth-order valence-electron chi connectivity index (χ4n) is 2.03. The molecule has 1 aromatic heterocycles. The lowest BCUT2D eigenvalue weighted by Gasteiger charge is -2.01. The van der Waals surface area contributed by atoms with Gasteiger partial charge in [-0.15, -0.1) is 10.2 Å². The topological polar surface area (TPSA) is 82.0 Å². The second kappa shape index (κ2) is 5.97. The number of carbonyl (C=O) groups excluding carboxylic acids is 1. The molecule has 0 saturated carbocycles. The van der Waals surface area contributed by atoms with Crippen molar-refractivity contribution in [3.05, 3.63) is 42.5 Å². The second-order valence-electron chi connectivity index (χ2n) is 4.46. The maximum absolute atomic E-state index is 10.7. The minimum atomic E-state index is -0.337. The summed E-state index contributed by atoms with van der Waals surface area (Å²) in [5.41, 5.74) is 6.00. The first-order valence-electron chi connectivity index (χ1n) is 6.47. The zero-order valence-corrected chi connectivity index (χ0v) is 12.0. The van der Waals surface area contributed by atoms with Crippen LogP contribution < -0.4 is 5.73 Å². The van der Waals surface area contributed by atoms with Gasteiger partial charge in [-0.05, 0) is 16.8 Å². The Bertz CT molecular complexity index is 780. The monoisotopic (exact) mass is 299 g/mol. The number of benzene rings is 2. The average molecular weight is 299 g/mol. The van der Waals surface area contributed by atoms with Gasteiger partial charge >= 0.3 is 0 Å². The van der Waals surface area contributed by atoms with Gasteiger partial charge in [0.15, 0.2) is 0 Å². The number of nitrogens with zero attached hydrogens (tertiary/aromatic N) is 2. The number of hydrogen-bond acceptors (Lipinski definition) is 5. The van der Waals surface area contributed by atoms with E-state index in [9.17, 15) is 4.79 Å². The van der Waals surface area contributed by atoms with Gasteiger partial charge in [0.2, 0.25) is 11.8 Å². The van der Waals surface area contributed by atoms with Crippen molar-refractivity contribution in [1.29, 1.82) is 0 Å². The highest BCUT2D eigenvalue weighted by Crippen LogP contribution is 2.29. The predicted molar refractivity (Wildman–Crippen MR) is 81.8 cm³/mol. The molecule has 0 aliphatic carbocycles. The number of rotatable bonds is 5. The highest BCUT2D eigenvalue weighted by molar-refractivity contribution is 7.99. The smallest absolute Gasteiger partial charge is 0.276 e. The summed E-state index contributed by atoms with van der Waals surface area (Å²) in [6, 6.07) is 14.0. The van der Waals surface area contributed by atoms with E-state index in [4.69, 9.17) is 10.2 Å². The third kappa shape index (κ3) is 3.05. The summed E-state index contributed by atoms with van der Waals surface area (Å²) in [5, 5.41) is 10.7. The number of nitrogens with two attached hydrogens (primary N) is 1. The lowest BCUT2D eigenvalue weighted by molar-refractivity contribution is -0.117. The number of thioether (sulfide) groups is 1. The Balaban J connectivity index is 1.86. The van der Waals surface area contributed by atoms with Crippen molar-refractivity contribution in [2.75, 3.05) is 5.75 Å². The van der Waals surface area contributed by atoms with Crippen LogP contribution in [0, 0.1) is 0 Å². The molecule has 5 nitrogen and oxygen atoms in total. The molecule has 0 fully saturated rings. The van der Waals surface area contributed by atoms with Crippen LogP contribution >= 0.6 is 11.8 Å². The van der Waals surface area contributed by atoms with Crippen LogP contribution in [0.2, 0.25) is 0 Å². The fourth-order valence-corrected chi connectivity index (χ4v) is 2.74. The minimum Gasteiger partial charge on any atom is -0.411 e. The molecule has 3 aromatic rings. The van der Waals surface area contributed by atoms with Crippen LogP contribution in [0.15, 0.2) is 52.1 Å². The van der Waals surface area contributed by atoms with Gasteiger partial charge in [0.1, 0.15) is 0 Å². The molecule has 0 saturated heterocycles. The normalized spacial score (nSPS) is 10.9. The van der Waals surface area contributed by atoms with Crippen LogP contribution in [-0.2, 0) is 4.79 Å². The van der Waals surface area contributed by atoms with Crippen molar-refractivity contribution in [3.8, 4) is 11.5 Å². The molecule has 2 aromatic carbocycles. The van der Waals surface area contributed by atoms with E-state index in [1.165, 1.54) is 11.8 Å². The zero-order valence-electron chi connectivity index (χ0n) is 11.2. The van der Waals surface area contributed by atoms with Crippen LogP contribution in [0.1, 0.15) is 6.42 Å². The van der Waals surface area contributed by atoms with Crippen molar-refractivity contribution in [3.63, 3.8) is 0 Å². The van der Waals surface area contributed by atoms with E-state index in [2.05, 4.69) is 10.2 Å². The molecule has 0 aliphatic rings. The van der Waals surface area contributed by atoms with Crippen molar-refractivity contribution in [1.82, 2.24) is 10.2 Å². The molecule has 2 N–H and O–H groups in total. The maximum atomic E-state index is 10.7. The second-order valence-corrected chi connectivity index (χ2v) is 5.51. The van der Waals surface area contributed by atoms with Gasteiger partial charge in [-0.2, -0.15) is 0 Å². The van der Waals surface area contributed by atoms with Gasteiger partial charge in [0, 0.05) is 17.7 Å². The van der Waals surface area contributed by atoms with Crippen LogP contribution in [0.25, 0.3) is 22.2 Å². The van der Waals surface area contributed by atoms with E-state index >= 15 is 0 Å². The number of carbonyl (C=O) groups is 1. The van der Waals surface area contributed by atoms with Crippen LogP contribution in [0.4, 0.5) is 0 Å². The third-order valence-corrected chi connectivity index (χ3v) is 3.82. The van der Waals surface area contributed by atoms with Gasteiger partial charge in [-0.25, -0.2) is 0 Å². The van der Waals surface area contributed by atoms with Crippen molar-refractivity contribution < 1.29 is 9.21 Å². The lowest BCUT2D eigenvalue weighted by Crippen LogP contribution is -2.10. The molecule has 0 unspecified atom stereocenters. The van der Waals surface area contributed by atoms with Crippen molar-refractivity contribution in [2.45, 2.75) is 11.6 Å². The number of hydrogen-bond donors (Lipinski definition) is 1. The Kier molecular flexibility index (Phi) is 3.87. The first-order chi connectivity index (χ1) is 10.2. The molecule has 1 heterocycles. The van der Waals surface area contributed by atoms with E-state index in [-0.39, 0.29) is 12.3 Å². The molecule has 0 spiro atoms. The Hall–Kier alpha value is -2.34. The summed E-state index contributed by atoms with van der Waals surface area (Å²) >= 11 is 1.33. The van der Waals surface area contributed by atoms with E-state index in [0.717, 1.165) is 16.3 Å². The number of aromatic nitrogens is 2. The van der Waals surface area contributed by atoms with Gasteiger partial charge in [-0.1, -0.05) is 48.2 Å². The maximum Gasteiger partial charge on any atom is 0.276 e. The van der Waals surface area contributed by atoms with Crippen LogP contribution in [0.5, 0.6) is 0 Å². The van der Waals surface area contributed by atoms with Crippen molar-refractivity contribution >= 4 is 28.4 Å². The van der Waals surface area contributed by atoms with Gasteiger partial charge in [0.05, 0.1) is 0 Å². The Morgan fingerprint density at radius 2 is 1.95 bits per heavy atom. The van der Waals surface area contributed by atoms with E-state index < -0.39 is 0 Å². The first kappa shape index (κ1) is 13.6. The molecule has 3 rings (SSSR count). The Morgan fingerprint density at radius 1 is 1.14 bits per heavy atom. The number of amides is 1. The van der Waals surface area contributed by atoms with Gasteiger partial charge < -0.3 is 10.2 Å². The third-order valence-electron chi connectivity index (χ3n) is 3.00. The fraction of sp³-hybridized carbons (Fsp3) is 0.133. The predicted octanol–water partition coefficient (Wildman–Crippen LogP) is 2.86.